The van der Waals surface area contributed by atoms with Crippen LogP contribution in [0.4, 0.5) is 13.2 Å². The molecule has 0 fully saturated rings. The molecule has 3 aromatic rings. The number of carbonyl (C=O) groups excluding carboxylic acids is 1. The Morgan fingerprint density at radius 1 is 0.759 bits per heavy atom. The third-order valence-corrected chi connectivity index (χ3v) is 4.54. The van der Waals surface area contributed by atoms with Gasteiger partial charge in [-0.25, -0.2) is 4.79 Å². The number of cyclic esters (lactones) is 1. The summed E-state index contributed by atoms with van der Waals surface area (Å²) in [7, 11) is 0. The second kappa shape index (κ2) is 7.43. The molecule has 0 atom stereocenters. The van der Waals surface area contributed by atoms with Crippen molar-refractivity contribution in [2.75, 3.05) is 0 Å². The van der Waals surface area contributed by atoms with Gasteiger partial charge in [0.15, 0.2) is 0 Å². The Morgan fingerprint density at radius 2 is 1.41 bits per heavy atom. The first-order valence-electron chi connectivity index (χ1n) is 8.89. The van der Waals surface area contributed by atoms with Crippen molar-refractivity contribution in [3.8, 4) is 11.1 Å². The highest BCUT2D eigenvalue weighted by Gasteiger charge is 2.30. The number of benzene rings is 3. The van der Waals surface area contributed by atoms with Crippen molar-refractivity contribution in [1.29, 1.82) is 0 Å². The number of ether oxygens (including phenoxy) is 1. The van der Waals surface area contributed by atoms with Gasteiger partial charge in [-0.1, -0.05) is 66.7 Å². The van der Waals surface area contributed by atoms with Crippen LogP contribution in [-0.2, 0) is 15.7 Å². The summed E-state index contributed by atoms with van der Waals surface area (Å²) < 4.78 is 43.9. The van der Waals surface area contributed by atoms with E-state index in [1.54, 1.807) is 6.08 Å². The second-order valence-electron chi connectivity index (χ2n) is 6.56. The smallest absolute Gasteiger partial charge is 0.416 e. The highest BCUT2D eigenvalue weighted by atomic mass is 19.4. The van der Waals surface area contributed by atoms with Crippen LogP contribution in [0.5, 0.6) is 0 Å². The number of rotatable bonds is 3. The summed E-state index contributed by atoms with van der Waals surface area (Å²) in [6.07, 6.45) is -1.50. The molecule has 2 nitrogen and oxygen atoms in total. The highest BCUT2D eigenvalue weighted by Crippen LogP contribution is 2.32. The molecule has 5 heteroatoms. The van der Waals surface area contributed by atoms with Gasteiger partial charge in [-0.15, -0.1) is 0 Å². The molecular weight excluding hydrogens is 377 g/mol. The summed E-state index contributed by atoms with van der Waals surface area (Å²) in [4.78, 5) is 12.2. The fourth-order valence-corrected chi connectivity index (χ4v) is 3.07. The zero-order valence-corrected chi connectivity index (χ0v) is 15.1. The van der Waals surface area contributed by atoms with Crippen LogP contribution in [0.1, 0.15) is 16.7 Å². The molecule has 0 amide bonds. The number of hydrogen-bond donors (Lipinski definition) is 0. The lowest BCUT2D eigenvalue weighted by Gasteiger charge is -2.06. The minimum Gasteiger partial charge on any atom is -0.422 e. The predicted molar refractivity (Wildman–Crippen MR) is 105 cm³/mol. The molecule has 0 saturated carbocycles. The Labute approximate surface area is 165 Å². The second-order valence-corrected chi connectivity index (χ2v) is 6.56. The Balaban J connectivity index is 1.60. The van der Waals surface area contributed by atoms with Gasteiger partial charge in [0, 0.05) is 5.56 Å². The van der Waals surface area contributed by atoms with Gasteiger partial charge in [-0.05, 0) is 41.0 Å². The first-order valence-corrected chi connectivity index (χ1v) is 8.89. The van der Waals surface area contributed by atoms with Gasteiger partial charge >= 0.3 is 12.1 Å². The van der Waals surface area contributed by atoms with Crippen LogP contribution >= 0.6 is 0 Å². The van der Waals surface area contributed by atoms with Crippen LogP contribution in [0.3, 0.4) is 0 Å². The van der Waals surface area contributed by atoms with Crippen molar-refractivity contribution >= 4 is 17.8 Å². The maximum atomic E-state index is 12.9. The Morgan fingerprint density at radius 3 is 2.10 bits per heavy atom. The minimum atomic E-state index is -4.44. The normalized spacial score (nSPS) is 15.3. The van der Waals surface area contributed by atoms with Crippen molar-refractivity contribution in [2.24, 2.45) is 0 Å². The number of carbonyl (C=O) groups is 1. The molecule has 144 valence electrons. The third kappa shape index (κ3) is 4.14. The van der Waals surface area contributed by atoms with Crippen molar-refractivity contribution in [3.63, 3.8) is 0 Å². The average molecular weight is 392 g/mol. The van der Waals surface area contributed by atoms with Gasteiger partial charge in [0.2, 0.25) is 0 Å². The van der Waals surface area contributed by atoms with Gasteiger partial charge < -0.3 is 4.74 Å². The van der Waals surface area contributed by atoms with Gasteiger partial charge in [0.05, 0.1) is 11.1 Å². The maximum absolute atomic E-state index is 12.9. The van der Waals surface area contributed by atoms with Crippen molar-refractivity contribution in [1.82, 2.24) is 0 Å². The SMILES string of the molecule is O=C1OC(c2ccc(-c3ccccc3)cc2)=CC1=Cc1cccc(C(F)(F)F)c1. The molecule has 0 unspecified atom stereocenters. The minimum absolute atomic E-state index is 0.200. The summed E-state index contributed by atoms with van der Waals surface area (Å²) in [5, 5.41) is 0. The molecule has 1 aliphatic heterocycles. The first-order chi connectivity index (χ1) is 13.9. The van der Waals surface area contributed by atoms with Gasteiger partial charge in [-0.2, -0.15) is 13.2 Å². The van der Waals surface area contributed by atoms with E-state index in [2.05, 4.69) is 0 Å². The number of halogens is 3. The lowest BCUT2D eigenvalue weighted by atomic mass is 10.0. The fraction of sp³-hybridized carbons (Fsp3) is 0.0417. The fourth-order valence-electron chi connectivity index (χ4n) is 3.07. The van der Waals surface area contributed by atoms with Crippen LogP contribution in [0.2, 0.25) is 0 Å². The van der Waals surface area contributed by atoms with Crippen molar-refractivity contribution in [2.45, 2.75) is 6.18 Å². The molecule has 0 radical (unpaired) electrons. The van der Waals surface area contributed by atoms with Gasteiger partial charge in [0.1, 0.15) is 5.76 Å². The Bertz CT molecular complexity index is 1110. The molecule has 0 saturated heterocycles. The molecule has 0 spiro atoms. The summed E-state index contributed by atoms with van der Waals surface area (Å²) >= 11 is 0. The Kier molecular flexibility index (Phi) is 4.80. The zero-order valence-electron chi connectivity index (χ0n) is 15.1. The Hall–Kier alpha value is -3.60. The van der Waals surface area contributed by atoms with E-state index in [1.165, 1.54) is 18.2 Å². The predicted octanol–water partition coefficient (Wildman–Crippen LogP) is 6.35. The van der Waals surface area contributed by atoms with E-state index >= 15 is 0 Å². The van der Waals surface area contributed by atoms with Crippen molar-refractivity contribution < 1.29 is 22.7 Å². The van der Waals surface area contributed by atoms with Crippen LogP contribution in [0, 0.1) is 0 Å². The maximum Gasteiger partial charge on any atom is 0.416 e. The quantitative estimate of drug-likeness (QED) is 0.383. The van der Waals surface area contributed by atoms with Crippen LogP contribution in [0.25, 0.3) is 23.0 Å². The molecule has 3 aromatic carbocycles. The monoisotopic (exact) mass is 392 g/mol. The van der Waals surface area contributed by atoms with E-state index in [-0.39, 0.29) is 11.1 Å². The van der Waals surface area contributed by atoms with E-state index in [1.807, 2.05) is 54.6 Å². The lowest BCUT2D eigenvalue weighted by Crippen LogP contribution is -2.04. The summed E-state index contributed by atoms with van der Waals surface area (Å²) in [6.45, 7) is 0. The average Bonchev–Trinajstić information content (AvgIpc) is 3.09. The largest absolute Gasteiger partial charge is 0.422 e. The van der Waals surface area contributed by atoms with Crippen molar-refractivity contribution in [3.05, 3.63) is 107 Å². The van der Waals surface area contributed by atoms with Gasteiger partial charge in [-0.3, -0.25) is 0 Å². The number of alkyl halides is 3. The van der Waals surface area contributed by atoms with Crippen LogP contribution in [0.15, 0.2) is 90.5 Å². The molecule has 0 bridgehead atoms. The number of hydrogen-bond acceptors (Lipinski definition) is 2. The van der Waals surface area contributed by atoms with E-state index in [0.29, 0.717) is 11.3 Å². The van der Waals surface area contributed by atoms with Crippen LogP contribution in [-0.4, -0.2) is 5.97 Å². The lowest BCUT2D eigenvalue weighted by molar-refractivity contribution is -0.137. The zero-order chi connectivity index (χ0) is 20.4. The van der Waals surface area contributed by atoms with Gasteiger partial charge in [0.25, 0.3) is 0 Å². The van der Waals surface area contributed by atoms with Crippen LogP contribution < -0.4 is 0 Å². The van der Waals surface area contributed by atoms with E-state index in [9.17, 15) is 18.0 Å². The molecule has 29 heavy (non-hydrogen) atoms. The molecule has 0 N–H and O–H groups in total. The molecule has 0 aromatic heterocycles. The number of esters is 1. The molecule has 1 heterocycles. The molecule has 0 aliphatic carbocycles. The summed E-state index contributed by atoms with van der Waals surface area (Å²) in [6, 6.07) is 22.2. The van der Waals surface area contributed by atoms with E-state index in [4.69, 9.17) is 4.74 Å². The standard InChI is InChI=1S/C24H15F3O2/c25-24(26,27)21-8-4-5-16(14-21)13-20-15-22(29-23(20)28)19-11-9-18(10-12-19)17-6-2-1-3-7-17/h1-15H. The molecule has 4 rings (SSSR count). The van der Waals surface area contributed by atoms with E-state index < -0.39 is 17.7 Å². The molecular formula is C24H15F3O2. The highest BCUT2D eigenvalue weighted by molar-refractivity contribution is 6.05. The summed E-state index contributed by atoms with van der Waals surface area (Å²) in [5.74, 6) is -0.225. The van der Waals surface area contributed by atoms with E-state index in [0.717, 1.165) is 23.3 Å². The third-order valence-electron chi connectivity index (χ3n) is 4.54. The summed E-state index contributed by atoms with van der Waals surface area (Å²) in [5.41, 5.74) is 2.53. The first kappa shape index (κ1) is 18.7. The molecule has 1 aliphatic rings. The topological polar surface area (TPSA) is 26.3 Å².